The van der Waals surface area contributed by atoms with E-state index in [0.717, 1.165) is 38.4 Å². The molecule has 1 saturated heterocycles. The van der Waals surface area contributed by atoms with Crippen LogP contribution in [0, 0.1) is 5.92 Å². The van der Waals surface area contributed by atoms with Gasteiger partial charge in [-0.3, -0.25) is 4.90 Å². The lowest BCUT2D eigenvalue weighted by Gasteiger charge is -2.50. The van der Waals surface area contributed by atoms with Crippen LogP contribution in [-0.4, -0.2) is 42.3 Å². The van der Waals surface area contributed by atoms with E-state index < -0.39 is 0 Å². The summed E-state index contributed by atoms with van der Waals surface area (Å²) in [7, 11) is 0. The molecule has 0 aliphatic carbocycles. The van der Waals surface area contributed by atoms with Crippen molar-refractivity contribution in [3.05, 3.63) is 0 Å². The number of nitrogens with two attached hydrogens (primary N) is 1. The van der Waals surface area contributed by atoms with Crippen LogP contribution in [-0.2, 0) is 4.74 Å². The molecule has 3 unspecified atom stereocenters. The molecule has 108 valence electrons. The lowest BCUT2D eigenvalue weighted by molar-refractivity contribution is -0.104. The lowest BCUT2D eigenvalue weighted by Crippen LogP contribution is -2.60. The Morgan fingerprint density at radius 2 is 1.83 bits per heavy atom. The fourth-order valence-corrected chi connectivity index (χ4v) is 3.36. The van der Waals surface area contributed by atoms with Crippen molar-refractivity contribution in [3.63, 3.8) is 0 Å². The molecule has 0 radical (unpaired) electrons. The molecule has 3 atom stereocenters. The second-order valence-corrected chi connectivity index (χ2v) is 6.15. The largest absolute Gasteiger partial charge is 0.375 e. The summed E-state index contributed by atoms with van der Waals surface area (Å²) in [4.78, 5) is 2.61. The third-order valence-electron chi connectivity index (χ3n) is 4.46. The molecule has 0 spiro atoms. The maximum absolute atomic E-state index is 6.16. The van der Waals surface area contributed by atoms with Crippen LogP contribution in [0.3, 0.4) is 0 Å². The van der Waals surface area contributed by atoms with E-state index in [2.05, 4.69) is 39.5 Å². The van der Waals surface area contributed by atoms with Crippen molar-refractivity contribution in [2.75, 3.05) is 19.6 Å². The van der Waals surface area contributed by atoms with Crippen LogP contribution in [0.5, 0.6) is 0 Å². The van der Waals surface area contributed by atoms with Crippen LogP contribution in [0.1, 0.15) is 53.9 Å². The molecule has 2 N–H and O–H groups in total. The number of rotatable bonds is 6. The van der Waals surface area contributed by atoms with Gasteiger partial charge >= 0.3 is 0 Å². The van der Waals surface area contributed by atoms with Gasteiger partial charge in [-0.05, 0) is 39.2 Å². The molecule has 1 aliphatic heterocycles. The highest BCUT2D eigenvalue weighted by Crippen LogP contribution is 2.34. The molecule has 0 aromatic rings. The zero-order chi connectivity index (χ0) is 13.8. The van der Waals surface area contributed by atoms with Gasteiger partial charge in [0, 0.05) is 18.6 Å². The van der Waals surface area contributed by atoms with Crippen LogP contribution in [0.4, 0.5) is 0 Å². The second kappa shape index (κ2) is 6.88. The maximum Gasteiger partial charge on any atom is 0.0568 e. The first-order chi connectivity index (χ1) is 8.47. The average Bonchev–Trinajstić information content (AvgIpc) is 2.34. The molecular weight excluding hydrogens is 224 g/mol. The standard InChI is InChI=1S/C15H32N2O/c1-6-12(3)10-17(7-2)15(11-16)8-13(4)18-14(5)9-15/h12-14H,6-11,16H2,1-5H3. The van der Waals surface area contributed by atoms with Crippen molar-refractivity contribution in [2.45, 2.75) is 71.6 Å². The number of hydrogen-bond acceptors (Lipinski definition) is 3. The quantitative estimate of drug-likeness (QED) is 0.794. The minimum atomic E-state index is 0.148. The Bertz CT molecular complexity index is 235. The molecule has 0 aromatic heterocycles. The topological polar surface area (TPSA) is 38.5 Å². The number of hydrogen-bond donors (Lipinski definition) is 1. The summed E-state index contributed by atoms with van der Waals surface area (Å²) in [6.07, 6.45) is 4.01. The Morgan fingerprint density at radius 3 is 2.22 bits per heavy atom. The number of ether oxygens (including phenoxy) is 1. The van der Waals surface area contributed by atoms with Gasteiger partial charge in [-0.1, -0.05) is 27.2 Å². The van der Waals surface area contributed by atoms with E-state index in [1.807, 2.05) is 0 Å². The maximum atomic E-state index is 6.16. The highest BCUT2D eigenvalue weighted by Gasteiger charge is 2.41. The monoisotopic (exact) mass is 256 g/mol. The van der Waals surface area contributed by atoms with E-state index in [1.165, 1.54) is 6.42 Å². The minimum absolute atomic E-state index is 0.148. The molecular formula is C15H32N2O. The fourth-order valence-electron chi connectivity index (χ4n) is 3.36. The van der Waals surface area contributed by atoms with Crippen molar-refractivity contribution in [1.82, 2.24) is 4.90 Å². The molecule has 1 fully saturated rings. The molecule has 0 bridgehead atoms. The molecule has 0 amide bonds. The van der Waals surface area contributed by atoms with Gasteiger partial charge in [-0.25, -0.2) is 0 Å². The first-order valence-electron chi connectivity index (χ1n) is 7.58. The molecule has 1 aliphatic rings. The zero-order valence-electron chi connectivity index (χ0n) is 12.9. The summed E-state index contributed by atoms with van der Waals surface area (Å²) in [5, 5.41) is 0. The minimum Gasteiger partial charge on any atom is -0.375 e. The van der Waals surface area contributed by atoms with E-state index >= 15 is 0 Å². The van der Waals surface area contributed by atoms with Gasteiger partial charge in [0.1, 0.15) is 0 Å². The van der Waals surface area contributed by atoms with Crippen LogP contribution >= 0.6 is 0 Å². The van der Waals surface area contributed by atoms with E-state index in [9.17, 15) is 0 Å². The third kappa shape index (κ3) is 3.69. The Balaban J connectivity index is 2.82. The molecule has 18 heavy (non-hydrogen) atoms. The van der Waals surface area contributed by atoms with Gasteiger partial charge in [0.05, 0.1) is 12.2 Å². The van der Waals surface area contributed by atoms with Gasteiger partial charge in [0.25, 0.3) is 0 Å². The number of nitrogens with zero attached hydrogens (tertiary/aromatic N) is 1. The molecule has 0 aromatic carbocycles. The average molecular weight is 256 g/mol. The van der Waals surface area contributed by atoms with Gasteiger partial charge in [0.15, 0.2) is 0 Å². The van der Waals surface area contributed by atoms with Crippen molar-refractivity contribution < 1.29 is 4.74 Å². The molecule has 3 nitrogen and oxygen atoms in total. The fraction of sp³-hybridized carbons (Fsp3) is 1.00. The van der Waals surface area contributed by atoms with Crippen LogP contribution in [0.2, 0.25) is 0 Å². The highest BCUT2D eigenvalue weighted by molar-refractivity contribution is 4.97. The first-order valence-corrected chi connectivity index (χ1v) is 7.58. The summed E-state index contributed by atoms with van der Waals surface area (Å²) in [6, 6.07) is 0. The van der Waals surface area contributed by atoms with Crippen LogP contribution < -0.4 is 5.73 Å². The zero-order valence-corrected chi connectivity index (χ0v) is 12.9. The number of likely N-dealkylation sites (N-methyl/N-ethyl adjacent to an activating group) is 1. The Hall–Kier alpha value is -0.120. The van der Waals surface area contributed by atoms with E-state index in [0.29, 0.717) is 12.2 Å². The van der Waals surface area contributed by atoms with E-state index in [-0.39, 0.29) is 5.54 Å². The van der Waals surface area contributed by atoms with Crippen molar-refractivity contribution in [1.29, 1.82) is 0 Å². The Morgan fingerprint density at radius 1 is 1.28 bits per heavy atom. The summed E-state index contributed by atoms with van der Waals surface area (Å²) in [5.41, 5.74) is 6.31. The van der Waals surface area contributed by atoms with Crippen LogP contribution in [0.25, 0.3) is 0 Å². The summed E-state index contributed by atoms with van der Waals surface area (Å²) >= 11 is 0. The van der Waals surface area contributed by atoms with Gasteiger partial charge in [-0.15, -0.1) is 0 Å². The summed E-state index contributed by atoms with van der Waals surface area (Å²) < 4.78 is 5.89. The van der Waals surface area contributed by atoms with E-state index in [4.69, 9.17) is 10.5 Å². The van der Waals surface area contributed by atoms with Gasteiger partial charge in [-0.2, -0.15) is 0 Å². The lowest BCUT2D eigenvalue weighted by atomic mass is 9.81. The first kappa shape index (κ1) is 15.9. The second-order valence-electron chi connectivity index (χ2n) is 6.15. The van der Waals surface area contributed by atoms with Crippen molar-refractivity contribution in [3.8, 4) is 0 Å². The Kier molecular flexibility index (Phi) is 6.09. The summed E-state index contributed by atoms with van der Waals surface area (Å²) in [6.45, 7) is 14.2. The predicted octanol–water partition coefficient (Wildman–Crippen LogP) is 2.64. The van der Waals surface area contributed by atoms with Crippen molar-refractivity contribution >= 4 is 0 Å². The molecule has 1 rings (SSSR count). The van der Waals surface area contributed by atoms with Crippen molar-refractivity contribution in [2.24, 2.45) is 11.7 Å². The summed E-state index contributed by atoms with van der Waals surface area (Å²) in [5.74, 6) is 0.738. The smallest absolute Gasteiger partial charge is 0.0568 e. The Labute approximate surface area is 113 Å². The molecule has 1 heterocycles. The third-order valence-corrected chi connectivity index (χ3v) is 4.46. The van der Waals surface area contributed by atoms with Gasteiger partial charge < -0.3 is 10.5 Å². The molecule has 3 heteroatoms. The normalized spacial score (nSPS) is 34.8. The SMILES string of the molecule is CCC(C)CN(CC)C1(CN)CC(C)OC(C)C1. The highest BCUT2D eigenvalue weighted by atomic mass is 16.5. The van der Waals surface area contributed by atoms with Crippen LogP contribution in [0.15, 0.2) is 0 Å². The molecule has 0 saturated carbocycles. The van der Waals surface area contributed by atoms with E-state index in [1.54, 1.807) is 0 Å². The van der Waals surface area contributed by atoms with Gasteiger partial charge in [0.2, 0.25) is 0 Å². The predicted molar refractivity (Wildman–Crippen MR) is 77.7 cm³/mol.